The van der Waals surface area contributed by atoms with Gasteiger partial charge in [0.1, 0.15) is 17.4 Å². The minimum Gasteiger partial charge on any atom is -0.427 e. The Hall–Kier alpha value is -3.82. The topological polar surface area (TPSA) is 35.5 Å². The molecule has 0 radical (unpaired) electrons. The Labute approximate surface area is 244 Å². The highest BCUT2D eigenvalue weighted by atomic mass is 19.4. The van der Waals surface area contributed by atoms with Gasteiger partial charge < -0.3 is 9.47 Å². The normalized spacial score (nSPS) is 18.6. The van der Waals surface area contributed by atoms with Gasteiger partial charge in [-0.1, -0.05) is 31.9 Å². The second kappa shape index (κ2) is 12.4. The fraction of sp³-hybridized carbons (Fsp3) is 0.364. The van der Waals surface area contributed by atoms with Crippen LogP contribution in [0.2, 0.25) is 0 Å². The van der Waals surface area contributed by atoms with E-state index in [1.807, 2.05) is 12.1 Å². The van der Waals surface area contributed by atoms with E-state index in [1.165, 1.54) is 37.3 Å². The standard InChI is InChI=1S/C33H29F7O3/c1-2-3-18-4-6-19(7-5-18)20-8-10-21(11-9-20)32(41)42-24-12-13-25-22(14-24)15-26(34)29(30(25)37)23-16-27(35)31(28(36)17-23)43-33(38,39)40/h8-11,14-19H,2-7,12-13H2,1H3. The number of alkyl halides is 3. The van der Waals surface area contributed by atoms with Crippen LogP contribution in [0.15, 0.2) is 48.2 Å². The molecule has 3 nitrogen and oxygen atoms in total. The molecule has 0 unspecified atom stereocenters. The third kappa shape index (κ3) is 6.89. The van der Waals surface area contributed by atoms with Gasteiger partial charge in [-0.15, -0.1) is 13.2 Å². The summed E-state index contributed by atoms with van der Waals surface area (Å²) in [5, 5.41) is 0. The van der Waals surface area contributed by atoms with Crippen LogP contribution in [0.3, 0.4) is 0 Å². The molecule has 0 atom stereocenters. The molecule has 0 N–H and O–H groups in total. The number of hydrogen-bond donors (Lipinski definition) is 0. The van der Waals surface area contributed by atoms with Gasteiger partial charge in [0.05, 0.1) is 11.1 Å². The van der Waals surface area contributed by atoms with Crippen molar-refractivity contribution in [3.63, 3.8) is 0 Å². The molecule has 0 saturated heterocycles. The van der Waals surface area contributed by atoms with Crippen molar-refractivity contribution in [1.29, 1.82) is 0 Å². The summed E-state index contributed by atoms with van der Waals surface area (Å²) in [6, 6.07) is 8.95. The summed E-state index contributed by atoms with van der Waals surface area (Å²) in [5.41, 5.74) is 0.153. The maximum atomic E-state index is 15.4. The molecule has 0 aliphatic heterocycles. The molecule has 0 bridgehead atoms. The van der Waals surface area contributed by atoms with E-state index in [0.29, 0.717) is 23.6 Å². The van der Waals surface area contributed by atoms with E-state index in [-0.39, 0.29) is 29.7 Å². The molecule has 0 aromatic heterocycles. The molecule has 10 heteroatoms. The van der Waals surface area contributed by atoms with E-state index in [2.05, 4.69) is 11.7 Å². The van der Waals surface area contributed by atoms with Crippen molar-refractivity contribution in [2.75, 3.05) is 0 Å². The van der Waals surface area contributed by atoms with Crippen LogP contribution in [0.5, 0.6) is 5.75 Å². The minimum absolute atomic E-state index is 0.00523. The zero-order chi connectivity index (χ0) is 30.9. The fourth-order valence-electron chi connectivity index (χ4n) is 6.08. The summed E-state index contributed by atoms with van der Waals surface area (Å²) in [4.78, 5) is 12.8. The molecule has 0 spiro atoms. The van der Waals surface area contributed by atoms with Crippen molar-refractivity contribution < 1.29 is 45.0 Å². The molecule has 3 aromatic carbocycles. The summed E-state index contributed by atoms with van der Waals surface area (Å²) in [7, 11) is 0. The van der Waals surface area contributed by atoms with Crippen LogP contribution in [0.25, 0.3) is 17.2 Å². The van der Waals surface area contributed by atoms with E-state index in [0.717, 1.165) is 24.8 Å². The molecule has 1 fully saturated rings. The SMILES string of the molecule is CCCC1CCC(c2ccc(C(=O)OC3=Cc4cc(F)c(-c5cc(F)c(OC(F)(F)F)c(F)c5)c(F)c4CC3)cc2)CC1. The molecule has 0 heterocycles. The molecular weight excluding hydrogens is 577 g/mol. The van der Waals surface area contributed by atoms with E-state index in [4.69, 9.17) is 4.74 Å². The Bertz CT molecular complexity index is 1510. The van der Waals surface area contributed by atoms with Gasteiger partial charge >= 0.3 is 12.3 Å². The quantitative estimate of drug-likeness (QED) is 0.198. The lowest BCUT2D eigenvalue weighted by atomic mass is 9.77. The Morgan fingerprint density at radius 3 is 2.14 bits per heavy atom. The third-order valence-electron chi connectivity index (χ3n) is 8.18. The molecule has 2 aliphatic rings. The summed E-state index contributed by atoms with van der Waals surface area (Å²) in [6.45, 7) is 2.21. The van der Waals surface area contributed by atoms with Crippen molar-refractivity contribution in [3.05, 3.63) is 93.7 Å². The number of ether oxygens (including phenoxy) is 2. The summed E-state index contributed by atoms with van der Waals surface area (Å²) >= 11 is 0. The molecule has 5 rings (SSSR count). The first-order valence-corrected chi connectivity index (χ1v) is 14.2. The molecular formula is C33H29F7O3. The number of rotatable bonds is 7. The van der Waals surface area contributed by atoms with Gasteiger partial charge in [0.25, 0.3) is 0 Å². The largest absolute Gasteiger partial charge is 0.573 e. The highest BCUT2D eigenvalue weighted by Gasteiger charge is 2.35. The fourth-order valence-corrected chi connectivity index (χ4v) is 6.08. The number of fused-ring (bicyclic) bond motifs is 1. The number of benzene rings is 3. The van der Waals surface area contributed by atoms with Crippen molar-refractivity contribution >= 4 is 12.0 Å². The summed E-state index contributed by atoms with van der Waals surface area (Å²) in [6.07, 6.45) is 3.13. The van der Waals surface area contributed by atoms with Crippen molar-refractivity contribution in [2.24, 2.45) is 5.92 Å². The third-order valence-corrected chi connectivity index (χ3v) is 8.18. The maximum absolute atomic E-state index is 15.4. The highest BCUT2D eigenvalue weighted by molar-refractivity contribution is 5.90. The van der Waals surface area contributed by atoms with Crippen LogP contribution in [0, 0.1) is 29.2 Å². The van der Waals surface area contributed by atoms with E-state index >= 15 is 8.78 Å². The number of halogens is 7. The van der Waals surface area contributed by atoms with Gasteiger partial charge in [-0.3, -0.25) is 0 Å². The average molecular weight is 607 g/mol. The molecule has 0 amide bonds. The summed E-state index contributed by atoms with van der Waals surface area (Å²) < 4.78 is 105. The van der Waals surface area contributed by atoms with Crippen molar-refractivity contribution in [2.45, 2.75) is 70.6 Å². The van der Waals surface area contributed by atoms with Crippen LogP contribution in [-0.4, -0.2) is 12.3 Å². The average Bonchev–Trinajstić information content (AvgIpc) is 2.95. The summed E-state index contributed by atoms with van der Waals surface area (Å²) in [5.74, 6) is -6.78. The van der Waals surface area contributed by atoms with Gasteiger partial charge in [-0.05, 0) is 103 Å². The molecule has 1 saturated carbocycles. The van der Waals surface area contributed by atoms with Crippen LogP contribution in [-0.2, 0) is 11.2 Å². The molecule has 43 heavy (non-hydrogen) atoms. The maximum Gasteiger partial charge on any atom is 0.573 e. The molecule has 3 aromatic rings. The first-order valence-electron chi connectivity index (χ1n) is 14.2. The van der Waals surface area contributed by atoms with Crippen molar-refractivity contribution in [3.8, 4) is 16.9 Å². The predicted octanol–water partition coefficient (Wildman–Crippen LogP) is 10.0. The van der Waals surface area contributed by atoms with Crippen LogP contribution in [0.1, 0.15) is 84.8 Å². The van der Waals surface area contributed by atoms with Gasteiger partial charge in [-0.25, -0.2) is 22.4 Å². The predicted molar refractivity (Wildman–Crippen MR) is 146 cm³/mol. The zero-order valence-electron chi connectivity index (χ0n) is 23.3. The zero-order valence-corrected chi connectivity index (χ0v) is 23.3. The lowest BCUT2D eigenvalue weighted by molar-refractivity contribution is -0.276. The van der Waals surface area contributed by atoms with E-state index in [1.54, 1.807) is 12.1 Å². The van der Waals surface area contributed by atoms with Crippen LogP contribution < -0.4 is 4.74 Å². The Kier molecular flexibility index (Phi) is 8.85. The van der Waals surface area contributed by atoms with Crippen LogP contribution in [0.4, 0.5) is 30.7 Å². The van der Waals surface area contributed by atoms with Crippen LogP contribution >= 0.6 is 0 Å². The lowest BCUT2D eigenvalue weighted by Crippen LogP contribution is -2.19. The Balaban J connectivity index is 1.30. The monoisotopic (exact) mass is 606 g/mol. The Morgan fingerprint density at radius 2 is 1.53 bits per heavy atom. The lowest BCUT2D eigenvalue weighted by Gasteiger charge is -2.28. The number of carbonyl (C=O) groups excluding carboxylic acids is 1. The molecule has 228 valence electrons. The van der Waals surface area contributed by atoms with Crippen molar-refractivity contribution in [1.82, 2.24) is 0 Å². The van der Waals surface area contributed by atoms with Gasteiger partial charge in [0.15, 0.2) is 11.6 Å². The molecule has 2 aliphatic carbocycles. The van der Waals surface area contributed by atoms with Gasteiger partial charge in [0, 0.05) is 6.42 Å². The number of carbonyl (C=O) groups is 1. The number of hydrogen-bond acceptors (Lipinski definition) is 3. The second-order valence-corrected chi connectivity index (χ2v) is 11.1. The number of allylic oxidation sites excluding steroid dienone is 1. The first kappa shape index (κ1) is 30.6. The smallest absolute Gasteiger partial charge is 0.427 e. The van der Waals surface area contributed by atoms with E-state index < -0.39 is 52.5 Å². The van der Waals surface area contributed by atoms with Gasteiger partial charge in [0.2, 0.25) is 5.75 Å². The first-order chi connectivity index (χ1) is 20.4. The van der Waals surface area contributed by atoms with E-state index in [9.17, 15) is 26.7 Å². The van der Waals surface area contributed by atoms with Gasteiger partial charge in [-0.2, -0.15) is 0 Å². The second-order valence-electron chi connectivity index (χ2n) is 11.1. The number of esters is 1. The highest BCUT2D eigenvalue weighted by Crippen LogP contribution is 2.39. The minimum atomic E-state index is -5.37. The Morgan fingerprint density at radius 1 is 0.884 bits per heavy atom.